The summed E-state index contributed by atoms with van der Waals surface area (Å²) < 4.78 is 0. The van der Waals surface area contributed by atoms with E-state index in [0.717, 1.165) is 11.7 Å². The smallest absolute Gasteiger partial charge is 0.241 e. The standard InChI is InChI=1S/C12H20N2OS/c1-9-11(15)14(12(13-2)16-9)8-10-6-4-3-5-7-10/h9-10H,3-8H2,1-2H3. The first-order chi connectivity index (χ1) is 7.72. The van der Waals surface area contributed by atoms with Gasteiger partial charge >= 0.3 is 0 Å². The quantitative estimate of drug-likeness (QED) is 0.743. The minimum atomic E-state index is 0.0577. The van der Waals surface area contributed by atoms with Crippen LogP contribution in [0, 0.1) is 5.92 Å². The molecule has 0 N–H and O–H groups in total. The highest BCUT2D eigenvalue weighted by Crippen LogP contribution is 2.31. The van der Waals surface area contributed by atoms with Crippen molar-refractivity contribution in [1.82, 2.24) is 4.90 Å². The lowest BCUT2D eigenvalue weighted by atomic mass is 9.89. The molecule has 2 fully saturated rings. The van der Waals surface area contributed by atoms with Crippen molar-refractivity contribution >= 4 is 22.8 Å². The van der Waals surface area contributed by atoms with E-state index in [1.807, 2.05) is 11.8 Å². The van der Waals surface area contributed by atoms with E-state index < -0.39 is 0 Å². The molecule has 0 radical (unpaired) electrons. The van der Waals surface area contributed by atoms with Gasteiger partial charge in [-0.2, -0.15) is 0 Å². The van der Waals surface area contributed by atoms with Crippen LogP contribution in [0.3, 0.4) is 0 Å². The van der Waals surface area contributed by atoms with Gasteiger partial charge in [-0.05, 0) is 25.7 Å². The molecular formula is C12H20N2OS. The van der Waals surface area contributed by atoms with Crippen molar-refractivity contribution in [3.63, 3.8) is 0 Å². The van der Waals surface area contributed by atoms with Gasteiger partial charge in [0.1, 0.15) is 0 Å². The molecule has 90 valence electrons. The van der Waals surface area contributed by atoms with Gasteiger partial charge in [-0.1, -0.05) is 31.0 Å². The number of aliphatic imine (C=N–C) groups is 1. The van der Waals surface area contributed by atoms with Gasteiger partial charge in [0.25, 0.3) is 0 Å². The lowest BCUT2D eigenvalue weighted by molar-refractivity contribution is -0.126. The molecule has 16 heavy (non-hydrogen) atoms. The lowest BCUT2D eigenvalue weighted by Gasteiger charge is -2.26. The number of amides is 1. The summed E-state index contributed by atoms with van der Waals surface area (Å²) in [5.41, 5.74) is 0. The second kappa shape index (κ2) is 5.21. The Hall–Kier alpha value is -0.510. The Morgan fingerprint density at radius 3 is 2.69 bits per heavy atom. The summed E-state index contributed by atoms with van der Waals surface area (Å²) in [4.78, 5) is 18.1. The number of thioether (sulfide) groups is 1. The van der Waals surface area contributed by atoms with Crippen molar-refractivity contribution in [2.24, 2.45) is 10.9 Å². The van der Waals surface area contributed by atoms with Crippen LogP contribution in [0.4, 0.5) is 0 Å². The maximum absolute atomic E-state index is 12.0. The molecule has 0 spiro atoms. The average Bonchev–Trinajstić information content (AvgIpc) is 2.58. The van der Waals surface area contributed by atoms with Gasteiger partial charge in [-0.3, -0.25) is 14.7 Å². The summed E-state index contributed by atoms with van der Waals surface area (Å²) in [6, 6.07) is 0. The van der Waals surface area contributed by atoms with Crippen molar-refractivity contribution in [3.05, 3.63) is 0 Å². The van der Waals surface area contributed by atoms with Crippen LogP contribution in [-0.2, 0) is 4.79 Å². The third kappa shape index (κ3) is 2.42. The van der Waals surface area contributed by atoms with E-state index in [9.17, 15) is 4.79 Å². The van der Waals surface area contributed by atoms with Crippen molar-refractivity contribution in [1.29, 1.82) is 0 Å². The first kappa shape index (κ1) is 12.0. The van der Waals surface area contributed by atoms with Gasteiger partial charge in [-0.25, -0.2) is 0 Å². The number of carbonyl (C=O) groups excluding carboxylic acids is 1. The van der Waals surface area contributed by atoms with Crippen molar-refractivity contribution in [2.75, 3.05) is 13.6 Å². The molecule has 0 aromatic carbocycles. The summed E-state index contributed by atoms with van der Waals surface area (Å²) in [6.07, 6.45) is 6.58. The van der Waals surface area contributed by atoms with E-state index in [4.69, 9.17) is 0 Å². The molecule has 1 heterocycles. The van der Waals surface area contributed by atoms with Crippen LogP contribution in [-0.4, -0.2) is 34.8 Å². The Bertz CT molecular complexity index is 297. The molecule has 0 aromatic rings. The van der Waals surface area contributed by atoms with Gasteiger partial charge in [-0.15, -0.1) is 0 Å². The van der Waals surface area contributed by atoms with Crippen molar-refractivity contribution < 1.29 is 4.79 Å². The first-order valence-corrected chi connectivity index (χ1v) is 7.05. The van der Waals surface area contributed by atoms with Gasteiger partial charge in [0.15, 0.2) is 5.17 Å². The van der Waals surface area contributed by atoms with E-state index in [2.05, 4.69) is 4.99 Å². The lowest BCUT2D eigenvalue weighted by Crippen LogP contribution is -2.36. The number of hydrogen-bond donors (Lipinski definition) is 0. The highest BCUT2D eigenvalue weighted by molar-refractivity contribution is 8.15. The summed E-state index contributed by atoms with van der Waals surface area (Å²) in [5.74, 6) is 0.941. The van der Waals surface area contributed by atoms with Crippen LogP contribution >= 0.6 is 11.8 Å². The molecule has 1 saturated heterocycles. The van der Waals surface area contributed by atoms with E-state index in [1.54, 1.807) is 18.8 Å². The number of amidine groups is 1. The summed E-state index contributed by atoms with van der Waals surface area (Å²) in [7, 11) is 1.78. The van der Waals surface area contributed by atoms with E-state index in [0.29, 0.717) is 5.92 Å². The zero-order valence-corrected chi connectivity index (χ0v) is 10.9. The maximum Gasteiger partial charge on any atom is 0.241 e. The second-order valence-corrected chi connectivity index (χ2v) is 6.03. The van der Waals surface area contributed by atoms with Crippen LogP contribution in [0.5, 0.6) is 0 Å². The molecule has 0 aromatic heterocycles. The molecule has 2 aliphatic rings. The number of hydrogen-bond acceptors (Lipinski definition) is 3. The largest absolute Gasteiger partial charge is 0.290 e. The molecule has 1 aliphatic carbocycles. The van der Waals surface area contributed by atoms with Gasteiger partial charge in [0.05, 0.1) is 5.25 Å². The molecule has 1 amide bonds. The molecule has 4 heteroatoms. The van der Waals surface area contributed by atoms with Gasteiger partial charge in [0, 0.05) is 13.6 Å². The van der Waals surface area contributed by atoms with Crippen LogP contribution in [0.15, 0.2) is 4.99 Å². The van der Waals surface area contributed by atoms with Crippen LogP contribution in [0.1, 0.15) is 39.0 Å². The minimum absolute atomic E-state index is 0.0577. The Balaban J connectivity index is 1.99. The third-order valence-corrected chi connectivity index (χ3v) is 4.65. The number of nitrogens with zero attached hydrogens (tertiary/aromatic N) is 2. The average molecular weight is 240 g/mol. The van der Waals surface area contributed by atoms with Gasteiger partial charge < -0.3 is 0 Å². The predicted molar refractivity (Wildman–Crippen MR) is 68.7 cm³/mol. The molecule has 1 unspecified atom stereocenters. The molecule has 0 bridgehead atoms. The monoisotopic (exact) mass is 240 g/mol. The van der Waals surface area contributed by atoms with E-state index in [1.165, 1.54) is 32.1 Å². The highest BCUT2D eigenvalue weighted by atomic mass is 32.2. The Kier molecular flexibility index (Phi) is 3.90. The highest BCUT2D eigenvalue weighted by Gasteiger charge is 2.35. The van der Waals surface area contributed by atoms with Crippen molar-refractivity contribution in [3.8, 4) is 0 Å². The van der Waals surface area contributed by atoms with Gasteiger partial charge in [0.2, 0.25) is 5.91 Å². The molecular weight excluding hydrogens is 220 g/mol. The Labute approximate surface area is 102 Å². The van der Waals surface area contributed by atoms with Crippen molar-refractivity contribution in [2.45, 2.75) is 44.3 Å². The molecule has 1 atom stereocenters. The van der Waals surface area contributed by atoms with Crippen LogP contribution in [0.25, 0.3) is 0 Å². The summed E-state index contributed by atoms with van der Waals surface area (Å²) in [6.45, 7) is 2.86. The Morgan fingerprint density at radius 2 is 2.06 bits per heavy atom. The maximum atomic E-state index is 12.0. The number of carbonyl (C=O) groups is 1. The normalized spacial score (nSPS) is 30.4. The fraction of sp³-hybridized carbons (Fsp3) is 0.833. The predicted octanol–water partition coefficient (Wildman–Crippen LogP) is 2.52. The second-order valence-electron chi connectivity index (χ2n) is 4.72. The zero-order valence-electron chi connectivity index (χ0n) is 10.1. The fourth-order valence-electron chi connectivity index (χ4n) is 2.56. The topological polar surface area (TPSA) is 32.7 Å². The zero-order chi connectivity index (χ0) is 11.5. The Morgan fingerprint density at radius 1 is 1.38 bits per heavy atom. The third-order valence-electron chi connectivity index (χ3n) is 3.48. The van der Waals surface area contributed by atoms with E-state index >= 15 is 0 Å². The fourth-order valence-corrected chi connectivity index (χ4v) is 3.50. The van der Waals surface area contributed by atoms with Crippen LogP contribution in [0.2, 0.25) is 0 Å². The minimum Gasteiger partial charge on any atom is -0.290 e. The molecule has 1 saturated carbocycles. The summed E-state index contributed by atoms with van der Waals surface area (Å²) in [5, 5.41) is 0.977. The first-order valence-electron chi connectivity index (χ1n) is 6.17. The molecule has 2 rings (SSSR count). The molecule has 1 aliphatic heterocycles. The molecule has 3 nitrogen and oxygen atoms in total. The van der Waals surface area contributed by atoms with E-state index in [-0.39, 0.29) is 11.2 Å². The summed E-state index contributed by atoms with van der Waals surface area (Å²) >= 11 is 1.60. The number of rotatable bonds is 2. The van der Waals surface area contributed by atoms with Crippen LogP contribution < -0.4 is 0 Å². The SMILES string of the molecule is CN=C1SC(C)C(=O)N1CC1CCCCC1.